The zero-order valence-corrected chi connectivity index (χ0v) is 13.2. The van der Waals surface area contributed by atoms with Crippen LogP contribution in [0.15, 0.2) is 41.6 Å². The maximum Gasteiger partial charge on any atom is 0.175 e. The third-order valence-electron chi connectivity index (χ3n) is 3.75. The second-order valence-electron chi connectivity index (χ2n) is 5.48. The monoisotopic (exact) mass is 321 g/mol. The van der Waals surface area contributed by atoms with E-state index in [1.165, 1.54) is 6.26 Å². The maximum absolute atomic E-state index is 11.4. The van der Waals surface area contributed by atoms with Gasteiger partial charge in [0.2, 0.25) is 0 Å². The topological polar surface area (TPSA) is 73.2 Å². The van der Waals surface area contributed by atoms with Gasteiger partial charge in [-0.3, -0.25) is 4.68 Å². The largest absolute Gasteiger partial charge is 0.454 e. The van der Waals surface area contributed by atoms with Crippen LogP contribution in [0.25, 0.3) is 0 Å². The minimum absolute atomic E-state index is 0.283. The number of rotatable bonds is 4. The number of nitrogens with zero attached hydrogens (tertiary/aromatic N) is 2. The molecule has 6 nitrogen and oxygen atoms in total. The molecular weight excluding hydrogens is 302 g/mol. The average Bonchev–Trinajstić information content (AvgIpc) is 2.96. The lowest BCUT2D eigenvalue weighted by Gasteiger charge is -2.22. The Kier molecular flexibility index (Phi) is 4.17. The summed E-state index contributed by atoms with van der Waals surface area (Å²) in [5.41, 5.74) is 0. The Labute approximate surface area is 130 Å². The molecule has 0 amide bonds. The van der Waals surface area contributed by atoms with Gasteiger partial charge in [0, 0.05) is 6.26 Å². The summed E-state index contributed by atoms with van der Waals surface area (Å²) in [6.07, 6.45) is 6.88. The van der Waals surface area contributed by atoms with E-state index in [0.717, 1.165) is 25.9 Å². The summed E-state index contributed by atoms with van der Waals surface area (Å²) < 4.78 is 30.5. The lowest BCUT2D eigenvalue weighted by atomic mass is 10.1. The van der Waals surface area contributed by atoms with Crippen molar-refractivity contribution in [2.45, 2.75) is 23.8 Å². The molecule has 0 unspecified atom stereocenters. The number of hydrogen-bond acceptors (Lipinski definition) is 5. The molecule has 1 aromatic heterocycles. The molecule has 1 aromatic carbocycles. The number of aromatic nitrogens is 2. The van der Waals surface area contributed by atoms with Crippen LogP contribution in [0.1, 0.15) is 18.9 Å². The second kappa shape index (κ2) is 6.10. The van der Waals surface area contributed by atoms with Gasteiger partial charge in [-0.15, -0.1) is 0 Å². The van der Waals surface area contributed by atoms with Crippen LogP contribution < -0.4 is 10.1 Å². The van der Waals surface area contributed by atoms with E-state index in [1.807, 2.05) is 10.9 Å². The van der Waals surface area contributed by atoms with Gasteiger partial charge in [0.15, 0.2) is 15.6 Å². The van der Waals surface area contributed by atoms with E-state index in [-0.39, 0.29) is 4.90 Å². The lowest BCUT2D eigenvalue weighted by Crippen LogP contribution is -2.29. The Balaban J connectivity index is 1.69. The summed E-state index contributed by atoms with van der Waals surface area (Å²) in [6.45, 7) is 2.02. The Morgan fingerprint density at radius 2 is 1.86 bits per heavy atom. The third-order valence-corrected chi connectivity index (χ3v) is 4.88. The number of nitrogens with one attached hydrogen (secondary N) is 1. The van der Waals surface area contributed by atoms with E-state index in [1.54, 1.807) is 30.5 Å². The van der Waals surface area contributed by atoms with E-state index in [2.05, 4.69) is 10.4 Å². The fourth-order valence-electron chi connectivity index (χ4n) is 2.54. The molecule has 1 saturated heterocycles. The van der Waals surface area contributed by atoms with Gasteiger partial charge < -0.3 is 10.1 Å². The van der Waals surface area contributed by atoms with E-state index in [0.29, 0.717) is 17.5 Å². The Bertz CT molecular complexity index is 732. The molecule has 0 bridgehead atoms. The lowest BCUT2D eigenvalue weighted by molar-refractivity contribution is 0.342. The quantitative estimate of drug-likeness (QED) is 0.932. The van der Waals surface area contributed by atoms with Gasteiger partial charge in [0.1, 0.15) is 5.75 Å². The van der Waals surface area contributed by atoms with E-state index in [4.69, 9.17) is 4.74 Å². The molecule has 3 rings (SSSR count). The molecular formula is C15H19N3O3S. The summed E-state index contributed by atoms with van der Waals surface area (Å²) >= 11 is 0. The van der Waals surface area contributed by atoms with Crippen LogP contribution >= 0.6 is 0 Å². The number of sulfone groups is 1. The smallest absolute Gasteiger partial charge is 0.175 e. The van der Waals surface area contributed by atoms with Gasteiger partial charge in [-0.05, 0) is 50.2 Å². The molecule has 0 spiro atoms. The highest BCUT2D eigenvalue weighted by molar-refractivity contribution is 7.90. The molecule has 0 aliphatic carbocycles. The summed E-state index contributed by atoms with van der Waals surface area (Å²) in [4.78, 5) is 0.283. The van der Waals surface area contributed by atoms with Gasteiger partial charge in [-0.25, -0.2) is 8.42 Å². The summed E-state index contributed by atoms with van der Waals surface area (Å²) in [5.74, 6) is 1.25. The zero-order chi connectivity index (χ0) is 15.6. The molecule has 1 N–H and O–H groups in total. The van der Waals surface area contributed by atoms with Crippen molar-refractivity contribution in [3.63, 3.8) is 0 Å². The predicted octanol–water partition coefficient (Wildman–Crippen LogP) is 2.00. The average molecular weight is 321 g/mol. The van der Waals surface area contributed by atoms with Crippen molar-refractivity contribution in [1.29, 1.82) is 0 Å². The van der Waals surface area contributed by atoms with Crippen LogP contribution in [-0.2, 0) is 9.84 Å². The van der Waals surface area contributed by atoms with Crippen LogP contribution in [-0.4, -0.2) is 37.5 Å². The molecule has 22 heavy (non-hydrogen) atoms. The molecule has 118 valence electrons. The summed E-state index contributed by atoms with van der Waals surface area (Å²) in [5, 5.41) is 7.69. The SMILES string of the molecule is CS(=O)(=O)c1ccc(Oc2cnn(C3CCNCC3)c2)cc1. The standard InChI is InChI=1S/C15H19N3O3S/c1-22(19,20)15-4-2-13(3-5-15)21-14-10-17-18(11-14)12-6-8-16-9-7-12/h2-5,10-12,16H,6-9H2,1H3. The first-order chi connectivity index (χ1) is 10.5. The van der Waals surface area contributed by atoms with Crippen molar-refractivity contribution in [1.82, 2.24) is 15.1 Å². The van der Waals surface area contributed by atoms with Crippen LogP contribution in [0.2, 0.25) is 0 Å². The van der Waals surface area contributed by atoms with Crippen molar-refractivity contribution >= 4 is 9.84 Å². The highest BCUT2D eigenvalue weighted by Gasteiger charge is 2.16. The number of piperidine rings is 1. The number of hydrogen-bond donors (Lipinski definition) is 1. The first-order valence-electron chi connectivity index (χ1n) is 7.25. The van der Waals surface area contributed by atoms with Crippen LogP contribution in [0.5, 0.6) is 11.5 Å². The second-order valence-corrected chi connectivity index (χ2v) is 7.50. The molecule has 0 atom stereocenters. The third kappa shape index (κ3) is 3.48. The molecule has 1 aliphatic rings. The van der Waals surface area contributed by atoms with E-state index >= 15 is 0 Å². The van der Waals surface area contributed by atoms with Crippen LogP contribution in [0.3, 0.4) is 0 Å². The van der Waals surface area contributed by atoms with Gasteiger partial charge >= 0.3 is 0 Å². The highest BCUT2D eigenvalue weighted by Crippen LogP contribution is 2.25. The van der Waals surface area contributed by atoms with Gasteiger partial charge in [-0.2, -0.15) is 5.10 Å². The van der Waals surface area contributed by atoms with Crippen LogP contribution in [0.4, 0.5) is 0 Å². The van der Waals surface area contributed by atoms with Crippen LogP contribution in [0, 0.1) is 0 Å². The number of ether oxygens (including phenoxy) is 1. The molecule has 0 saturated carbocycles. The van der Waals surface area contributed by atoms with Gasteiger partial charge in [0.25, 0.3) is 0 Å². The maximum atomic E-state index is 11.4. The van der Waals surface area contributed by atoms with Crippen molar-refractivity contribution in [2.24, 2.45) is 0 Å². The fraction of sp³-hybridized carbons (Fsp3) is 0.400. The molecule has 1 fully saturated rings. The molecule has 2 aromatic rings. The molecule has 0 radical (unpaired) electrons. The Hall–Kier alpha value is -1.86. The molecule has 7 heteroatoms. The van der Waals surface area contributed by atoms with E-state index < -0.39 is 9.84 Å². The van der Waals surface area contributed by atoms with E-state index in [9.17, 15) is 8.42 Å². The van der Waals surface area contributed by atoms with Crippen molar-refractivity contribution < 1.29 is 13.2 Å². The zero-order valence-electron chi connectivity index (χ0n) is 12.4. The van der Waals surface area contributed by atoms with Crippen molar-refractivity contribution in [3.8, 4) is 11.5 Å². The summed E-state index contributed by atoms with van der Waals surface area (Å²) in [6, 6.07) is 6.80. The fourth-order valence-corrected chi connectivity index (χ4v) is 3.17. The number of benzene rings is 1. The highest BCUT2D eigenvalue weighted by atomic mass is 32.2. The normalized spacial score (nSPS) is 16.6. The van der Waals surface area contributed by atoms with Crippen molar-refractivity contribution in [2.75, 3.05) is 19.3 Å². The first-order valence-corrected chi connectivity index (χ1v) is 9.14. The Morgan fingerprint density at radius 1 is 1.18 bits per heavy atom. The Morgan fingerprint density at radius 3 is 2.50 bits per heavy atom. The predicted molar refractivity (Wildman–Crippen MR) is 83.0 cm³/mol. The minimum Gasteiger partial charge on any atom is -0.454 e. The molecule has 2 heterocycles. The summed E-state index contributed by atoms with van der Waals surface area (Å²) in [7, 11) is -3.18. The molecule has 1 aliphatic heterocycles. The van der Waals surface area contributed by atoms with Crippen molar-refractivity contribution in [3.05, 3.63) is 36.7 Å². The minimum atomic E-state index is -3.18. The van der Waals surface area contributed by atoms with Gasteiger partial charge in [0.05, 0.1) is 23.3 Å². The van der Waals surface area contributed by atoms with Gasteiger partial charge in [-0.1, -0.05) is 0 Å². The first kappa shape index (κ1) is 15.1.